The molecule has 0 unspecified atom stereocenters. The van der Waals surface area contributed by atoms with Gasteiger partial charge in [-0.05, 0) is 30.2 Å². The van der Waals surface area contributed by atoms with Gasteiger partial charge in [-0.25, -0.2) is 4.98 Å². The Morgan fingerprint density at radius 1 is 1.25 bits per heavy atom. The van der Waals surface area contributed by atoms with Crippen molar-refractivity contribution < 1.29 is 9.21 Å². The molecule has 4 rings (SSSR count). The molecule has 3 aromatic heterocycles. The van der Waals surface area contributed by atoms with Gasteiger partial charge in [-0.1, -0.05) is 49.1 Å². The van der Waals surface area contributed by atoms with Crippen LogP contribution in [-0.4, -0.2) is 31.4 Å². The van der Waals surface area contributed by atoms with Gasteiger partial charge in [0.1, 0.15) is 0 Å². The van der Waals surface area contributed by atoms with Gasteiger partial charge in [-0.2, -0.15) is 0 Å². The summed E-state index contributed by atoms with van der Waals surface area (Å²) in [5.41, 5.74) is 0.884. The second-order valence-corrected chi connectivity index (χ2v) is 8.58. The third kappa shape index (κ3) is 4.10. The highest BCUT2D eigenvalue weighted by Crippen LogP contribution is 2.27. The summed E-state index contributed by atoms with van der Waals surface area (Å²) in [6.45, 7) is 4.99. The van der Waals surface area contributed by atoms with Crippen LogP contribution < -0.4 is 5.32 Å². The van der Waals surface area contributed by atoms with Crippen molar-refractivity contribution in [3.63, 3.8) is 0 Å². The molecule has 0 saturated carbocycles. The van der Waals surface area contributed by atoms with Crippen molar-refractivity contribution in [1.82, 2.24) is 19.7 Å². The number of rotatable bonds is 7. The average Bonchev–Trinajstić information content (AvgIpc) is 3.38. The molecule has 0 radical (unpaired) electrons. The molecule has 0 aliphatic rings. The van der Waals surface area contributed by atoms with Gasteiger partial charge in [0.25, 0.3) is 0 Å². The van der Waals surface area contributed by atoms with Gasteiger partial charge in [0.15, 0.2) is 21.9 Å². The van der Waals surface area contributed by atoms with E-state index in [2.05, 4.69) is 34.3 Å². The van der Waals surface area contributed by atoms with E-state index in [-0.39, 0.29) is 11.7 Å². The standard InChI is InChI=1S/C19H19N5O2S2/c1-12(2)10-24-17(14-7-5-9-26-14)22-23-19(24)27-11-16(25)21-18-20-13-6-3-4-8-15(13)28-18/h3-9,12H,10-11H2,1-2H3,(H,20,21,25). The highest BCUT2D eigenvalue weighted by atomic mass is 32.2. The first-order valence-corrected chi connectivity index (χ1v) is 10.7. The number of aromatic nitrogens is 4. The fourth-order valence-corrected chi connectivity index (χ4v) is 4.35. The van der Waals surface area contributed by atoms with E-state index in [4.69, 9.17) is 4.42 Å². The molecular formula is C19H19N5O2S2. The lowest BCUT2D eigenvalue weighted by Crippen LogP contribution is -2.15. The summed E-state index contributed by atoms with van der Waals surface area (Å²) >= 11 is 2.82. The summed E-state index contributed by atoms with van der Waals surface area (Å²) in [7, 11) is 0. The molecule has 1 N–H and O–H groups in total. The lowest BCUT2D eigenvalue weighted by Gasteiger charge is -2.11. The minimum Gasteiger partial charge on any atom is -0.461 e. The van der Waals surface area contributed by atoms with Crippen LogP contribution >= 0.6 is 23.1 Å². The molecule has 0 spiro atoms. The molecular weight excluding hydrogens is 394 g/mol. The minimum atomic E-state index is -0.122. The predicted molar refractivity (Wildman–Crippen MR) is 112 cm³/mol. The topological polar surface area (TPSA) is 85.8 Å². The van der Waals surface area contributed by atoms with Gasteiger partial charge in [-0.3, -0.25) is 9.36 Å². The molecule has 0 aliphatic carbocycles. The SMILES string of the molecule is CC(C)Cn1c(SCC(=O)Nc2nc3ccccc3s2)nnc1-c1ccco1. The van der Waals surface area contributed by atoms with E-state index >= 15 is 0 Å². The number of hydrogen-bond donors (Lipinski definition) is 1. The van der Waals surface area contributed by atoms with Crippen LogP contribution in [0.2, 0.25) is 0 Å². The Hall–Kier alpha value is -2.65. The Labute approximate surface area is 170 Å². The number of anilines is 1. The van der Waals surface area contributed by atoms with Crippen molar-refractivity contribution in [1.29, 1.82) is 0 Å². The van der Waals surface area contributed by atoms with E-state index in [0.717, 1.165) is 16.8 Å². The first-order chi connectivity index (χ1) is 13.6. The third-order valence-electron chi connectivity index (χ3n) is 3.88. The molecule has 1 aromatic carbocycles. The summed E-state index contributed by atoms with van der Waals surface area (Å²) in [5, 5.41) is 12.7. The fourth-order valence-electron chi connectivity index (χ4n) is 2.72. The van der Waals surface area contributed by atoms with E-state index in [1.807, 2.05) is 41.0 Å². The van der Waals surface area contributed by atoms with Crippen molar-refractivity contribution >= 4 is 44.4 Å². The van der Waals surface area contributed by atoms with Crippen LogP contribution in [-0.2, 0) is 11.3 Å². The van der Waals surface area contributed by atoms with Crippen molar-refractivity contribution in [3.8, 4) is 11.6 Å². The second-order valence-electron chi connectivity index (χ2n) is 6.61. The fraction of sp³-hybridized carbons (Fsp3) is 0.263. The molecule has 144 valence electrons. The Balaban J connectivity index is 1.45. The summed E-state index contributed by atoms with van der Waals surface area (Å²) in [6.07, 6.45) is 1.61. The van der Waals surface area contributed by atoms with E-state index < -0.39 is 0 Å². The molecule has 1 amide bonds. The van der Waals surface area contributed by atoms with Crippen molar-refractivity contribution in [2.45, 2.75) is 25.5 Å². The smallest absolute Gasteiger partial charge is 0.236 e. The van der Waals surface area contributed by atoms with Crippen molar-refractivity contribution in [3.05, 3.63) is 42.7 Å². The van der Waals surface area contributed by atoms with Crippen LogP contribution in [0, 0.1) is 5.92 Å². The number of nitrogens with one attached hydrogen (secondary N) is 1. The summed E-state index contributed by atoms with van der Waals surface area (Å²) in [5.74, 6) is 1.85. The Bertz CT molecular complexity index is 1050. The van der Waals surface area contributed by atoms with Crippen molar-refractivity contribution in [2.24, 2.45) is 5.92 Å². The molecule has 0 fully saturated rings. The zero-order valence-corrected chi connectivity index (χ0v) is 17.1. The number of thioether (sulfide) groups is 1. The van der Waals surface area contributed by atoms with E-state index in [0.29, 0.717) is 27.8 Å². The first kappa shape index (κ1) is 18.7. The normalized spacial score (nSPS) is 11.4. The molecule has 0 bridgehead atoms. The Kier molecular flexibility index (Phi) is 5.45. The molecule has 28 heavy (non-hydrogen) atoms. The molecule has 4 aromatic rings. The second kappa shape index (κ2) is 8.15. The number of benzene rings is 1. The molecule has 0 saturated heterocycles. The maximum Gasteiger partial charge on any atom is 0.236 e. The van der Waals surface area contributed by atoms with Crippen LogP contribution in [0.15, 0.2) is 52.2 Å². The molecule has 3 heterocycles. The Morgan fingerprint density at radius 2 is 2.11 bits per heavy atom. The molecule has 0 atom stereocenters. The summed E-state index contributed by atoms with van der Waals surface area (Å²) in [6, 6.07) is 11.5. The van der Waals surface area contributed by atoms with Gasteiger partial charge in [0.2, 0.25) is 5.91 Å². The number of carbonyl (C=O) groups is 1. The Morgan fingerprint density at radius 3 is 2.86 bits per heavy atom. The van der Waals surface area contributed by atoms with Crippen LogP contribution in [0.3, 0.4) is 0 Å². The summed E-state index contributed by atoms with van der Waals surface area (Å²) in [4.78, 5) is 16.8. The highest BCUT2D eigenvalue weighted by molar-refractivity contribution is 7.99. The molecule has 9 heteroatoms. The van der Waals surface area contributed by atoms with Gasteiger partial charge in [0.05, 0.1) is 22.2 Å². The zero-order valence-electron chi connectivity index (χ0n) is 15.5. The van der Waals surface area contributed by atoms with Gasteiger partial charge in [0, 0.05) is 6.54 Å². The number of fused-ring (bicyclic) bond motifs is 1. The van der Waals surface area contributed by atoms with Crippen molar-refractivity contribution in [2.75, 3.05) is 11.1 Å². The molecule has 0 aliphatic heterocycles. The van der Waals surface area contributed by atoms with Gasteiger partial charge in [-0.15, -0.1) is 10.2 Å². The number of thiazole rings is 1. The maximum atomic E-state index is 12.4. The largest absolute Gasteiger partial charge is 0.461 e. The lowest BCUT2D eigenvalue weighted by molar-refractivity contribution is -0.113. The average molecular weight is 414 g/mol. The minimum absolute atomic E-state index is 0.122. The van der Waals surface area contributed by atoms with Crippen LogP contribution in [0.1, 0.15) is 13.8 Å². The first-order valence-electron chi connectivity index (χ1n) is 8.85. The lowest BCUT2D eigenvalue weighted by atomic mass is 10.2. The number of carbonyl (C=O) groups excluding carboxylic acids is 1. The van der Waals surface area contributed by atoms with E-state index in [9.17, 15) is 4.79 Å². The number of amides is 1. The quantitative estimate of drug-likeness (QED) is 0.448. The number of furan rings is 1. The summed E-state index contributed by atoms with van der Waals surface area (Å²) < 4.78 is 8.52. The van der Waals surface area contributed by atoms with Crippen LogP contribution in [0.4, 0.5) is 5.13 Å². The number of para-hydroxylation sites is 1. The predicted octanol–water partition coefficient (Wildman–Crippen LogP) is 4.53. The highest BCUT2D eigenvalue weighted by Gasteiger charge is 2.18. The van der Waals surface area contributed by atoms with Crippen LogP contribution in [0.25, 0.3) is 21.8 Å². The van der Waals surface area contributed by atoms with Gasteiger partial charge >= 0.3 is 0 Å². The number of nitrogens with zero attached hydrogens (tertiary/aromatic N) is 4. The van der Waals surface area contributed by atoms with E-state index in [1.54, 1.807) is 6.26 Å². The monoisotopic (exact) mass is 413 g/mol. The molecule has 7 nitrogen and oxygen atoms in total. The maximum absolute atomic E-state index is 12.4. The number of hydrogen-bond acceptors (Lipinski definition) is 7. The van der Waals surface area contributed by atoms with Gasteiger partial charge < -0.3 is 9.73 Å². The van der Waals surface area contributed by atoms with E-state index in [1.165, 1.54) is 23.1 Å². The van der Waals surface area contributed by atoms with Crippen LogP contribution in [0.5, 0.6) is 0 Å². The third-order valence-corrected chi connectivity index (χ3v) is 5.80. The zero-order chi connectivity index (χ0) is 19.5.